The molecule has 4 heterocycles. The highest BCUT2D eigenvalue weighted by Gasteiger charge is 2.44. The summed E-state index contributed by atoms with van der Waals surface area (Å²) in [6.45, 7) is 0.587. The van der Waals surface area contributed by atoms with Gasteiger partial charge >= 0.3 is 12.4 Å². The first-order chi connectivity index (χ1) is 19.1. The Hall–Kier alpha value is -3.93. The average Bonchev–Trinajstić information content (AvgIpc) is 2.89. The molecule has 0 radical (unpaired) electrons. The van der Waals surface area contributed by atoms with E-state index in [1.54, 1.807) is 5.10 Å². The minimum absolute atomic E-state index is 0.0183. The third-order valence-electron chi connectivity index (χ3n) is 6.59. The van der Waals surface area contributed by atoms with Crippen molar-refractivity contribution >= 4 is 29.0 Å². The Morgan fingerprint density at radius 1 is 1.17 bits per heavy atom. The molecule has 2 amide bonds. The number of nitrogens with zero attached hydrogens (tertiary/aromatic N) is 5. The predicted octanol–water partition coefficient (Wildman–Crippen LogP) is 1.07. The third-order valence-corrected chi connectivity index (χ3v) is 6.59. The van der Waals surface area contributed by atoms with Crippen molar-refractivity contribution in [2.24, 2.45) is 0 Å². The second kappa shape index (κ2) is 11.2. The van der Waals surface area contributed by atoms with Crippen molar-refractivity contribution in [2.45, 2.75) is 37.5 Å². The van der Waals surface area contributed by atoms with Crippen LogP contribution >= 0.6 is 0 Å². The number of hydrogen-bond acceptors (Lipinski definition) is 9. The molecule has 0 unspecified atom stereocenters. The first kappa shape index (κ1) is 30.0. The van der Waals surface area contributed by atoms with Gasteiger partial charge in [-0.05, 0) is 13.0 Å². The molecule has 224 valence electrons. The van der Waals surface area contributed by atoms with E-state index in [-0.39, 0.29) is 37.7 Å². The number of aliphatic hydroxyl groups excluding tert-OH is 1. The number of halogens is 6. The lowest BCUT2D eigenvalue weighted by atomic mass is 10.0. The first-order valence-corrected chi connectivity index (χ1v) is 12.2. The van der Waals surface area contributed by atoms with Crippen LogP contribution in [0.15, 0.2) is 23.3 Å². The van der Waals surface area contributed by atoms with Crippen LogP contribution in [-0.4, -0.2) is 95.1 Å². The number of H-pyrrole nitrogens is 1. The Morgan fingerprint density at radius 3 is 2.54 bits per heavy atom. The topological polar surface area (TPSA) is 144 Å². The Kier molecular flexibility index (Phi) is 8.17. The number of likely N-dealkylation sites (N-methyl/N-ethyl adjacent to an activating group) is 1. The highest BCUT2D eigenvalue weighted by Crippen LogP contribution is 2.39. The number of nitrogens with one attached hydrogen (secondary N) is 2. The van der Waals surface area contributed by atoms with Gasteiger partial charge in [-0.15, -0.1) is 0 Å². The number of rotatable bonds is 7. The molecule has 0 spiro atoms. The van der Waals surface area contributed by atoms with Crippen LogP contribution in [0.5, 0.6) is 0 Å². The van der Waals surface area contributed by atoms with Gasteiger partial charge in [0.25, 0.3) is 17.4 Å². The summed E-state index contributed by atoms with van der Waals surface area (Å²) in [4.78, 5) is 45.1. The van der Waals surface area contributed by atoms with Gasteiger partial charge in [0.2, 0.25) is 0 Å². The highest BCUT2D eigenvalue weighted by molar-refractivity contribution is 6.05. The molecule has 1 saturated heterocycles. The van der Waals surface area contributed by atoms with Crippen LogP contribution in [0.3, 0.4) is 0 Å². The lowest BCUT2D eigenvalue weighted by Crippen LogP contribution is -2.64. The lowest BCUT2D eigenvalue weighted by Gasteiger charge is -2.46. The maximum atomic E-state index is 13.2. The van der Waals surface area contributed by atoms with Crippen molar-refractivity contribution in [3.05, 3.63) is 39.9 Å². The number of piperazine rings is 1. The third kappa shape index (κ3) is 6.22. The molecule has 4 rings (SSSR count). The molecule has 0 aromatic carbocycles. The smallest absolute Gasteiger partial charge is 0.381 e. The van der Waals surface area contributed by atoms with E-state index in [4.69, 9.17) is 4.74 Å². The number of ether oxygens (including phenoxy) is 1. The fourth-order valence-corrected chi connectivity index (χ4v) is 4.59. The Bertz CT molecular complexity index is 1370. The number of pyridine rings is 1. The molecule has 3 N–H and O–H groups in total. The number of aromatic nitrogens is 3. The van der Waals surface area contributed by atoms with Crippen LogP contribution in [-0.2, 0) is 26.7 Å². The Morgan fingerprint density at radius 2 is 1.88 bits per heavy atom. The normalized spacial score (nSPS) is 19.0. The van der Waals surface area contributed by atoms with Gasteiger partial charge in [0.1, 0.15) is 11.6 Å². The van der Waals surface area contributed by atoms with Gasteiger partial charge in [-0.25, -0.2) is 10.1 Å². The SMILES string of the molecule is C[C@@H](COC[C@@H](O)C(=O)N1CCN2c3ncc(C(F)(F)F)cc3N(C)C(=O)[C@@H]2C1)Nc1cn[nH]c(=O)c1C(F)(F)F. The lowest BCUT2D eigenvalue weighted by molar-refractivity contribution is -0.145. The molecule has 41 heavy (non-hydrogen) atoms. The van der Waals surface area contributed by atoms with Crippen molar-refractivity contribution in [2.75, 3.05) is 55.0 Å². The summed E-state index contributed by atoms with van der Waals surface area (Å²) in [5, 5.41) is 17.9. The highest BCUT2D eigenvalue weighted by atomic mass is 19.4. The fraction of sp³-hybridized carbons (Fsp3) is 0.522. The van der Waals surface area contributed by atoms with Gasteiger partial charge < -0.3 is 29.9 Å². The van der Waals surface area contributed by atoms with Gasteiger partial charge in [-0.3, -0.25) is 14.4 Å². The number of hydrogen-bond donors (Lipinski definition) is 3. The standard InChI is InChI=1S/C23H25F6N7O5/c1-11(32-13-7-31-33-19(38)17(13)23(27,28)29)9-41-10-16(37)21(40)35-3-4-36-15(8-35)20(39)34(2)14-5-12(22(24,25)26)6-30-18(14)36/h5-7,11,15-16,37H,3-4,8-10H2,1-2H3,(H2,32,33,38)/t11-,15-,16+/m0/s1. The van der Waals surface area contributed by atoms with Crippen LogP contribution in [0, 0.1) is 0 Å². The van der Waals surface area contributed by atoms with Crippen LogP contribution in [0.1, 0.15) is 18.1 Å². The summed E-state index contributed by atoms with van der Waals surface area (Å²) >= 11 is 0. The molecule has 3 atom stereocenters. The van der Waals surface area contributed by atoms with Crippen LogP contribution in [0.4, 0.5) is 43.5 Å². The molecule has 2 aromatic rings. The largest absolute Gasteiger partial charge is 0.423 e. The molecule has 12 nitrogen and oxygen atoms in total. The van der Waals surface area contributed by atoms with Crippen molar-refractivity contribution in [3.63, 3.8) is 0 Å². The summed E-state index contributed by atoms with van der Waals surface area (Å²) in [7, 11) is 1.30. The van der Waals surface area contributed by atoms with Crippen LogP contribution < -0.4 is 20.7 Å². The number of aliphatic hydroxyl groups is 1. The van der Waals surface area contributed by atoms with Gasteiger partial charge in [0.15, 0.2) is 11.9 Å². The van der Waals surface area contributed by atoms with E-state index in [2.05, 4.69) is 15.4 Å². The van der Waals surface area contributed by atoms with E-state index in [0.29, 0.717) is 6.20 Å². The van der Waals surface area contributed by atoms with Crippen LogP contribution in [0.2, 0.25) is 0 Å². The van der Waals surface area contributed by atoms with Gasteiger partial charge in [0, 0.05) is 32.4 Å². The molecular weight excluding hydrogens is 568 g/mol. The fourth-order valence-electron chi connectivity index (χ4n) is 4.59. The molecule has 0 saturated carbocycles. The zero-order valence-corrected chi connectivity index (χ0v) is 21.6. The van der Waals surface area contributed by atoms with Gasteiger partial charge in [-0.1, -0.05) is 0 Å². The molecule has 1 fully saturated rings. The molecule has 18 heteroatoms. The van der Waals surface area contributed by atoms with Crippen molar-refractivity contribution in [1.29, 1.82) is 0 Å². The van der Waals surface area contributed by atoms with E-state index in [1.807, 2.05) is 0 Å². The number of anilines is 3. The zero-order valence-electron chi connectivity index (χ0n) is 21.6. The summed E-state index contributed by atoms with van der Waals surface area (Å²) in [6, 6.07) is -0.898. The summed E-state index contributed by atoms with van der Waals surface area (Å²) in [6.07, 6.45) is -9.79. The zero-order chi connectivity index (χ0) is 30.3. The van der Waals surface area contributed by atoms with E-state index in [0.717, 1.165) is 17.2 Å². The number of carbonyl (C=O) groups is 2. The van der Waals surface area contributed by atoms with E-state index in [9.17, 15) is 45.8 Å². The van der Waals surface area contributed by atoms with Crippen molar-refractivity contribution in [3.8, 4) is 0 Å². The molecule has 0 bridgehead atoms. The minimum atomic E-state index is -4.94. The molecule has 2 aromatic heterocycles. The van der Waals surface area contributed by atoms with Crippen molar-refractivity contribution in [1.82, 2.24) is 20.1 Å². The number of carbonyl (C=O) groups excluding carboxylic acids is 2. The maximum Gasteiger partial charge on any atom is 0.423 e. The number of alkyl halides is 6. The van der Waals surface area contributed by atoms with E-state index >= 15 is 0 Å². The van der Waals surface area contributed by atoms with Crippen molar-refractivity contribution < 1.29 is 45.8 Å². The number of aromatic amines is 1. The summed E-state index contributed by atoms with van der Waals surface area (Å²) in [5.41, 5.74) is -4.49. The molecule has 2 aliphatic heterocycles. The average molecular weight is 593 g/mol. The van der Waals surface area contributed by atoms with E-state index < -0.39 is 71.3 Å². The summed E-state index contributed by atoms with van der Waals surface area (Å²) in [5.74, 6) is -1.17. The summed E-state index contributed by atoms with van der Waals surface area (Å²) < 4.78 is 84.3. The van der Waals surface area contributed by atoms with Gasteiger partial charge in [0.05, 0.1) is 42.9 Å². The van der Waals surface area contributed by atoms with E-state index in [1.165, 1.54) is 23.8 Å². The first-order valence-electron chi connectivity index (χ1n) is 12.2. The predicted molar refractivity (Wildman–Crippen MR) is 130 cm³/mol. The van der Waals surface area contributed by atoms with Gasteiger partial charge in [-0.2, -0.15) is 31.4 Å². The Balaban J connectivity index is 1.34. The maximum absolute atomic E-state index is 13.2. The molecule has 0 aliphatic carbocycles. The molecular formula is C23H25F6N7O5. The minimum Gasteiger partial charge on any atom is -0.381 e. The van der Waals surface area contributed by atoms with Crippen LogP contribution in [0.25, 0.3) is 0 Å². The second-order valence-corrected chi connectivity index (χ2v) is 9.54. The second-order valence-electron chi connectivity index (χ2n) is 9.54. The molecule has 2 aliphatic rings. The number of amides is 2. The number of fused-ring (bicyclic) bond motifs is 3. The quantitative estimate of drug-likeness (QED) is 0.402. The Labute approximate surface area is 227 Å². The monoisotopic (exact) mass is 593 g/mol.